The molecule has 0 aliphatic carbocycles. The van der Waals surface area contributed by atoms with Crippen LogP contribution in [-0.4, -0.2) is 87.8 Å². The van der Waals surface area contributed by atoms with Gasteiger partial charge in [-0.1, -0.05) is 11.6 Å². The van der Waals surface area contributed by atoms with Crippen LogP contribution in [-0.2, 0) is 14.3 Å². The molecule has 0 saturated carbocycles. The molecule has 1 unspecified atom stereocenters. The van der Waals surface area contributed by atoms with E-state index in [1.807, 2.05) is 13.0 Å². The molecular weight excluding hydrogens is 582 g/mol. The summed E-state index contributed by atoms with van der Waals surface area (Å²) in [6.45, 7) is 4.19. The number of nitrogens with two attached hydrogens (primary N) is 1. The second kappa shape index (κ2) is 13.4. The van der Waals surface area contributed by atoms with Crippen LogP contribution >= 0.6 is 11.6 Å². The van der Waals surface area contributed by atoms with E-state index >= 15 is 0 Å². The first-order valence-corrected chi connectivity index (χ1v) is 13.6. The summed E-state index contributed by atoms with van der Waals surface area (Å²) in [4.78, 5) is 35.1. The summed E-state index contributed by atoms with van der Waals surface area (Å²) in [6.07, 6.45) is -1.07. The zero-order chi connectivity index (χ0) is 31.3. The van der Waals surface area contributed by atoms with E-state index in [2.05, 4.69) is 37.1 Å². The van der Waals surface area contributed by atoms with Gasteiger partial charge in [-0.15, -0.1) is 5.10 Å². The number of alkyl carbamates (subject to hydrolysis) is 1. The SMILES string of the molecule is CCNc1nc(Nc2cc(C#N)cc(N3CC[C@@H](NC(=O)OC)C(OC(=O)[C@@H](N)[C@@H](C)O)C3)c2Cl)nn2c(C#N)cnc12. The number of aromatic nitrogens is 4. The number of hydrogen-bond acceptors (Lipinski definition) is 14. The molecule has 2 aromatic heterocycles. The Kier molecular flexibility index (Phi) is 9.66. The minimum Gasteiger partial charge on any atom is -0.457 e. The second-order valence-electron chi connectivity index (χ2n) is 9.62. The molecule has 226 valence electrons. The van der Waals surface area contributed by atoms with Crippen LogP contribution in [0.15, 0.2) is 18.3 Å². The quantitative estimate of drug-likeness (QED) is 0.214. The molecule has 17 heteroatoms. The lowest BCUT2D eigenvalue weighted by Crippen LogP contribution is -2.57. The van der Waals surface area contributed by atoms with E-state index in [4.69, 9.17) is 26.8 Å². The molecule has 1 aromatic carbocycles. The smallest absolute Gasteiger partial charge is 0.407 e. The number of amides is 1. The lowest BCUT2D eigenvalue weighted by molar-refractivity contribution is -0.154. The number of halogens is 1. The van der Waals surface area contributed by atoms with Gasteiger partial charge in [0.2, 0.25) is 5.95 Å². The van der Waals surface area contributed by atoms with Gasteiger partial charge >= 0.3 is 12.1 Å². The normalized spacial score (nSPS) is 17.7. The number of methoxy groups -OCH3 is 1. The van der Waals surface area contributed by atoms with Gasteiger partial charge in [-0.25, -0.2) is 9.78 Å². The Morgan fingerprint density at radius 2 is 2.09 bits per heavy atom. The predicted octanol–water partition coefficient (Wildman–Crippen LogP) is 1.25. The van der Waals surface area contributed by atoms with Crippen LogP contribution in [0.2, 0.25) is 5.02 Å². The third-order valence-corrected chi connectivity index (χ3v) is 7.10. The number of hydrogen-bond donors (Lipinski definition) is 5. The number of imidazole rings is 1. The van der Waals surface area contributed by atoms with Crippen molar-refractivity contribution in [3.8, 4) is 12.1 Å². The fourth-order valence-electron chi connectivity index (χ4n) is 4.47. The molecule has 1 aliphatic heterocycles. The summed E-state index contributed by atoms with van der Waals surface area (Å²) in [5, 5.41) is 42.4. The number of nitrogens with zero attached hydrogens (tertiary/aromatic N) is 7. The van der Waals surface area contributed by atoms with Crippen molar-refractivity contribution >= 4 is 52.5 Å². The van der Waals surface area contributed by atoms with Gasteiger partial charge < -0.3 is 41.2 Å². The molecule has 0 radical (unpaired) electrons. The van der Waals surface area contributed by atoms with Gasteiger partial charge in [-0.3, -0.25) is 4.79 Å². The molecule has 16 nitrogen and oxygen atoms in total. The van der Waals surface area contributed by atoms with Gasteiger partial charge in [0.25, 0.3) is 0 Å². The number of esters is 1. The van der Waals surface area contributed by atoms with Gasteiger partial charge in [0.05, 0.1) is 60.0 Å². The minimum atomic E-state index is -1.29. The molecule has 6 N–H and O–H groups in total. The number of piperidine rings is 1. The fourth-order valence-corrected chi connectivity index (χ4v) is 4.74. The highest BCUT2D eigenvalue weighted by atomic mass is 35.5. The number of benzene rings is 1. The highest BCUT2D eigenvalue weighted by Gasteiger charge is 2.36. The molecule has 0 spiro atoms. The first-order chi connectivity index (χ1) is 20.6. The number of aliphatic hydroxyl groups is 1. The van der Waals surface area contributed by atoms with Crippen LogP contribution in [0.4, 0.5) is 27.9 Å². The van der Waals surface area contributed by atoms with Crippen molar-refractivity contribution in [2.45, 2.75) is 44.6 Å². The topological polar surface area (TPSA) is 229 Å². The van der Waals surface area contributed by atoms with E-state index in [-0.39, 0.29) is 28.8 Å². The maximum absolute atomic E-state index is 12.6. The summed E-state index contributed by atoms with van der Waals surface area (Å²) >= 11 is 6.86. The second-order valence-corrected chi connectivity index (χ2v) is 10.00. The van der Waals surface area contributed by atoms with E-state index in [0.29, 0.717) is 42.4 Å². The number of nitriles is 2. The summed E-state index contributed by atoms with van der Waals surface area (Å²) in [5.41, 5.74) is 7.32. The van der Waals surface area contributed by atoms with Crippen molar-refractivity contribution in [1.82, 2.24) is 24.9 Å². The number of rotatable bonds is 9. The maximum Gasteiger partial charge on any atom is 0.407 e. The molecule has 43 heavy (non-hydrogen) atoms. The molecule has 1 fully saturated rings. The van der Waals surface area contributed by atoms with Crippen LogP contribution in [0.5, 0.6) is 0 Å². The summed E-state index contributed by atoms with van der Waals surface area (Å²) < 4.78 is 11.7. The Bertz CT molecular complexity index is 1600. The zero-order valence-electron chi connectivity index (χ0n) is 23.5. The van der Waals surface area contributed by atoms with Crippen LogP contribution in [0.25, 0.3) is 5.65 Å². The van der Waals surface area contributed by atoms with E-state index < -0.39 is 36.4 Å². The van der Waals surface area contributed by atoms with E-state index in [9.17, 15) is 25.2 Å². The van der Waals surface area contributed by atoms with Gasteiger partial charge in [0, 0.05) is 13.1 Å². The zero-order valence-corrected chi connectivity index (χ0v) is 24.3. The molecule has 4 atom stereocenters. The van der Waals surface area contributed by atoms with E-state index in [0.717, 1.165) is 0 Å². The Labute approximate surface area is 251 Å². The van der Waals surface area contributed by atoms with Crippen molar-refractivity contribution in [1.29, 1.82) is 10.5 Å². The van der Waals surface area contributed by atoms with Gasteiger partial charge in [0.1, 0.15) is 18.2 Å². The standard InChI is InChI=1S/C26H30ClN11O5/c1-4-31-22-23-32-11-15(10-29)38(23)36-25(35-22)33-17-7-14(9-28)8-18(20(17)27)37-6-5-16(34-26(41)42-3)19(12-37)43-24(40)21(30)13(2)39/h7-8,11,13,16,19,21,39H,4-6,12,30H2,1-3H3,(H,34,41)(H2,31,33,35,36)/t13-,16-,19?,21+/m1/s1. The molecule has 3 heterocycles. The van der Waals surface area contributed by atoms with Crippen LogP contribution in [0.3, 0.4) is 0 Å². The number of nitrogens with one attached hydrogen (secondary N) is 3. The first kappa shape index (κ1) is 31.0. The Morgan fingerprint density at radius 1 is 1.33 bits per heavy atom. The van der Waals surface area contributed by atoms with Crippen molar-refractivity contribution < 1.29 is 24.2 Å². The molecule has 0 bridgehead atoms. The molecule has 4 rings (SSSR count). The predicted molar refractivity (Wildman–Crippen MR) is 155 cm³/mol. The van der Waals surface area contributed by atoms with Crippen LogP contribution < -0.4 is 26.6 Å². The largest absolute Gasteiger partial charge is 0.457 e. The first-order valence-electron chi connectivity index (χ1n) is 13.2. The number of carbonyl (C=O) groups excluding carboxylic acids is 2. The monoisotopic (exact) mass is 611 g/mol. The van der Waals surface area contributed by atoms with Gasteiger partial charge in [0.15, 0.2) is 17.2 Å². The Morgan fingerprint density at radius 3 is 2.74 bits per heavy atom. The molecule has 3 aromatic rings. The highest BCUT2D eigenvalue weighted by Crippen LogP contribution is 2.37. The number of aliphatic hydroxyl groups excluding tert-OH is 1. The minimum absolute atomic E-state index is 0.0641. The molecule has 1 saturated heterocycles. The highest BCUT2D eigenvalue weighted by molar-refractivity contribution is 6.36. The van der Waals surface area contributed by atoms with Crippen molar-refractivity contribution in [2.24, 2.45) is 5.73 Å². The van der Waals surface area contributed by atoms with Crippen molar-refractivity contribution in [2.75, 3.05) is 42.3 Å². The molecule has 1 aliphatic rings. The molecular formula is C26H30ClN11O5. The van der Waals surface area contributed by atoms with Crippen molar-refractivity contribution in [3.63, 3.8) is 0 Å². The molecule has 1 amide bonds. The summed E-state index contributed by atoms with van der Waals surface area (Å²) in [7, 11) is 1.22. The average molecular weight is 612 g/mol. The summed E-state index contributed by atoms with van der Waals surface area (Å²) in [5.74, 6) is -0.381. The third-order valence-electron chi connectivity index (χ3n) is 6.70. The van der Waals surface area contributed by atoms with E-state index in [1.165, 1.54) is 30.8 Å². The number of fused-ring (bicyclic) bond motifs is 1. The Balaban J connectivity index is 1.68. The van der Waals surface area contributed by atoms with E-state index in [1.54, 1.807) is 11.0 Å². The lowest BCUT2D eigenvalue weighted by atomic mass is 10.00. The summed E-state index contributed by atoms with van der Waals surface area (Å²) in [6, 6.07) is 5.32. The lowest BCUT2D eigenvalue weighted by Gasteiger charge is -2.40. The van der Waals surface area contributed by atoms with Crippen molar-refractivity contribution in [3.05, 3.63) is 34.6 Å². The number of anilines is 4. The van der Waals surface area contributed by atoms with Crippen LogP contribution in [0.1, 0.15) is 31.5 Å². The number of ether oxygens (including phenoxy) is 2. The fraction of sp³-hybridized carbons (Fsp3) is 0.423. The Hall–Kier alpha value is -4.90. The average Bonchev–Trinajstić information content (AvgIpc) is 3.41. The maximum atomic E-state index is 12.6. The van der Waals surface area contributed by atoms with Gasteiger partial charge in [-0.05, 0) is 32.4 Å². The van der Waals surface area contributed by atoms with Crippen LogP contribution in [0, 0.1) is 22.7 Å². The third kappa shape index (κ3) is 6.78. The number of carbonyl (C=O) groups is 2. The van der Waals surface area contributed by atoms with Gasteiger partial charge in [-0.2, -0.15) is 20.0 Å².